The number of hydrogen-bond donors (Lipinski definition) is 1. The number of rotatable bonds is 3. The lowest BCUT2D eigenvalue weighted by Crippen LogP contribution is -2.40. The fraction of sp³-hybridized carbons (Fsp3) is 0.263. The second-order valence-corrected chi connectivity index (χ2v) is 6.06. The number of halogens is 1. The molecule has 1 atom stereocenters. The highest BCUT2D eigenvalue weighted by Crippen LogP contribution is 2.25. The maximum absolute atomic E-state index is 14.5. The van der Waals surface area contributed by atoms with E-state index in [4.69, 9.17) is 0 Å². The molecule has 5 heteroatoms. The van der Waals surface area contributed by atoms with Gasteiger partial charge in [0, 0.05) is 6.54 Å². The number of hydrogen-bond acceptors (Lipinski definition) is 2. The van der Waals surface area contributed by atoms with Crippen LogP contribution in [0.1, 0.15) is 28.8 Å². The highest BCUT2D eigenvalue weighted by Gasteiger charge is 2.35. The minimum Gasteiger partial charge on any atom is -0.480 e. The van der Waals surface area contributed by atoms with Crippen molar-refractivity contribution in [3.8, 4) is 11.1 Å². The zero-order chi connectivity index (χ0) is 17.3. The van der Waals surface area contributed by atoms with E-state index in [2.05, 4.69) is 0 Å². The van der Waals surface area contributed by atoms with Gasteiger partial charge in [-0.1, -0.05) is 35.9 Å². The molecule has 1 heterocycles. The Hall–Kier alpha value is -2.69. The zero-order valence-electron chi connectivity index (χ0n) is 13.3. The molecule has 1 unspecified atom stereocenters. The Labute approximate surface area is 139 Å². The lowest BCUT2D eigenvalue weighted by molar-refractivity contribution is -0.141. The van der Waals surface area contributed by atoms with Crippen LogP contribution < -0.4 is 0 Å². The molecular weight excluding hydrogens is 309 g/mol. The number of likely N-dealkylation sites (tertiary alicyclic amines) is 1. The number of benzene rings is 2. The zero-order valence-corrected chi connectivity index (χ0v) is 13.3. The van der Waals surface area contributed by atoms with E-state index in [0.29, 0.717) is 24.9 Å². The van der Waals surface area contributed by atoms with Crippen molar-refractivity contribution in [1.29, 1.82) is 0 Å². The largest absolute Gasteiger partial charge is 0.480 e. The second-order valence-electron chi connectivity index (χ2n) is 6.06. The van der Waals surface area contributed by atoms with Gasteiger partial charge in [0.1, 0.15) is 11.9 Å². The summed E-state index contributed by atoms with van der Waals surface area (Å²) in [6, 6.07) is 11.2. The summed E-state index contributed by atoms with van der Waals surface area (Å²) in [5.41, 5.74) is 2.57. The van der Waals surface area contributed by atoms with Gasteiger partial charge in [0.2, 0.25) is 0 Å². The maximum Gasteiger partial charge on any atom is 0.326 e. The van der Waals surface area contributed by atoms with Gasteiger partial charge < -0.3 is 10.0 Å². The minimum absolute atomic E-state index is 0.0842. The molecule has 3 rings (SSSR count). The number of carboxylic acid groups (broad SMARTS) is 1. The molecule has 1 N–H and O–H groups in total. The molecule has 2 aromatic rings. The van der Waals surface area contributed by atoms with Gasteiger partial charge in [0.15, 0.2) is 0 Å². The van der Waals surface area contributed by atoms with Crippen LogP contribution in [0.25, 0.3) is 11.1 Å². The lowest BCUT2D eigenvalue weighted by atomic mass is 10.0. The summed E-state index contributed by atoms with van der Waals surface area (Å²) in [7, 11) is 0. The van der Waals surface area contributed by atoms with Crippen molar-refractivity contribution in [3.63, 3.8) is 0 Å². The van der Waals surface area contributed by atoms with Crippen LogP contribution in [0.4, 0.5) is 4.39 Å². The van der Waals surface area contributed by atoms with Crippen molar-refractivity contribution in [2.75, 3.05) is 6.54 Å². The summed E-state index contributed by atoms with van der Waals surface area (Å²) < 4.78 is 14.5. The smallest absolute Gasteiger partial charge is 0.326 e. The number of aryl methyl sites for hydroxylation is 1. The van der Waals surface area contributed by atoms with E-state index in [9.17, 15) is 19.1 Å². The third kappa shape index (κ3) is 3.02. The number of carboxylic acids is 1. The monoisotopic (exact) mass is 327 g/mol. The Morgan fingerprint density at radius 1 is 1.12 bits per heavy atom. The van der Waals surface area contributed by atoms with E-state index in [1.807, 2.05) is 31.2 Å². The van der Waals surface area contributed by atoms with Gasteiger partial charge in [-0.3, -0.25) is 4.79 Å². The molecule has 0 saturated carbocycles. The lowest BCUT2D eigenvalue weighted by Gasteiger charge is -2.21. The Morgan fingerprint density at radius 3 is 2.42 bits per heavy atom. The molecule has 1 fully saturated rings. The number of aliphatic carboxylic acids is 1. The molecule has 24 heavy (non-hydrogen) atoms. The summed E-state index contributed by atoms with van der Waals surface area (Å²) in [5, 5.41) is 9.18. The maximum atomic E-state index is 14.5. The molecule has 0 spiro atoms. The average molecular weight is 327 g/mol. The molecule has 124 valence electrons. The van der Waals surface area contributed by atoms with Gasteiger partial charge in [0.05, 0.1) is 5.56 Å². The summed E-state index contributed by atoms with van der Waals surface area (Å²) in [5.74, 6) is -2.24. The van der Waals surface area contributed by atoms with E-state index in [0.717, 1.165) is 11.1 Å². The number of carbonyl (C=O) groups is 2. The minimum atomic E-state index is -1.04. The van der Waals surface area contributed by atoms with E-state index >= 15 is 0 Å². The van der Waals surface area contributed by atoms with E-state index in [-0.39, 0.29) is 5.56 Å². The van der Waals surface area contributed by atoms with Crippen LogP contribution in [0.3, 0.4) is 0 Å². The van der Waals surface area contributed by atoms with Crippen LogP contribution in [0.5, 0.6) is 0 Å². The summed E-state index contributed by atoms with van der Waals surface area (Å²) in [6.07, 6.45) is 1.02. The SMILES string of the molecule is Cc1ccc(-c2ccc(C(=O)N3CCCC3C(=O)O)c(F)c2)cc1. The van der Waals surface area contributed by atoms with Crippen molar-refractivity contribution < 1.29 is 19.1 Å². The molecule has 0 bridgehead atoms. The van der Waals surface area contributed by atoms with Gasteiger partial charge in [-0.05, 0) is 43.0 Å². The van der Waals surface area contributed by atoms with Gasteiger partial charge in [-0.15, -0.1) is 0 Å². The van der Waals surface area contributed by atoms with Crippen LogP contribution in [-0.4, -0.2) is 34.5 Å². The molecule has 0 aliphatic carbocycles. The molecule has 0 radical (unpaired) electrons. The summed E-state index contributed by atoms with van der Waals surface area (Å²) in [4.78, 5) is 25.0. The van der Waals surface area contributed by atoms with E-state index in [1.54, 1.807) is 6.07 Å². The van der Waals surface area contributed by atoms with Crippen LogP contribution >= 0.6 is 0 Å². The quantitative estimate of drug-likeness (QED) is 0.939. The standard InChI is InChI=1S/C19H18FNO3/c1-12-4-6-13(7-5-12)14-8-9-15(16(20)11-14)18(22)21-10-2-3-17(21)19(23)24/h4-9,11,17H,2-3,10H2,1H3,(H,23,24). The van der Waals surface area contributed by atoms with E-state index in [1.165, 1.54) is 17.0 Å². The van der Waals surface area contributed by atoms with Crippen molar-refractivity contribution in [2.24, 2.45) is 0 Å². The first kappa shape index (κ1) is 16.2. The molecule has 1 saturated heterocycles. The summed E-state index contributed by atoms with van der Waals surface area (Å²) >= 11 is 0. The number of nitrogens with zero attached hydrogens (tertiary/aromatic N) is 1. The molecular formula is C19H18FNO3. The van der Waals surface area contributed by atoms with Crippen molar-refractivity contribution in [2.45, 2.75) is 25.8 Å². The normalized spacial score (nSPS) is 17.1. The van der Waals surface area contributed by atoms with Crippen LogP contribution in [0.2, 0.25) is 0 Å². The molecule has 1 aliphatic heterocycles. The Balaban J connectivity index is 1.88. The molecule has 2 aromatic carbocycles. The predicted octanol–water partition coefficient (Wildman–Crippen LogP) is 3.49. The third-order valence-electron chi connectivity index (χ3n) is 4.38. The van der Waals surface area contributed by atoms with Gasteiger partial charge in [-0.2, -0.15) is 0 Å². The van der Waals surface area contributed by atoms with Crippen molar-refractivity contribution in [3.05, 3.63) is 59.4 Å². The third-order valence-corrected chi connectivity index (χ3v) is 4.38. The molecule has 4 nitrogen and oxygen atoms in total. The van der Waals surface area contributed by atoms with Gasteiger partial charge in [-0.25, -0.2) is 9.18 Å². The van der Waals surface area contributed by atoms with Crippen LogP contribution in [-0.2, 0) is 4.79 Å². The fourth-order valence-electron chi connectivity index (χ4n) is 3.04. The molecule has 1 amide bonds. The average Bonchev–Trinajstić information content (AvgIpc) is 3.05. The first-order valence-corrected chi connectivity index (χ1v) is 7.88. The molecule has 0 aromatic heterocycles. The highest BCUT2D eigenvalue weighted by atomic mass is 19.1. The second kappa shape index (κ2) is 6.43. The van der Waals surface area contributed by atoms with Crippen molar-refractivity contribution >= 4 is 11.9 Å². The van der Waals surface area contributed by atoms with Crippen LogP contribution in [0.15, 0.2) is 42.5 Å². The fourth-order valence-corrected chi connectivity index (χ4v) is 3.04. The first-order valence-electron chi connectivity index (χ1n) is 7.88. The van der Waals surface area contributed by atoms with Crippen LogP contribution in [0, 0.1) is 12.7 Å². The first-order chi connectivity index (χ1) is 11.5. The molecule has 1 aliphatic rings. The number of carbonyl (C=O) groups excluding carboxylic acids is 1. The Bertz CT molecular complexity index is 786. The van der Waals surface area contributed by atoms with Gasteiger partial charge in [0.25, 0.3) is 5.91 Å². The number of amides is 1. The summed E-state index contributed by atoms with van der Waals surface area (Å²) in [6.45, 7) is 2.32. The van der Waals surface area contributed by atoms with Crippen molar-refractivity contribution in [1.82, 2.24) is 4.90 Å². The topological polar surface area (TPSA) is 57.6 Å². The van der Waals surface area contributed by atoms with Gasteiger partial charge >= 0.3 is 5.97 Å². The highest BCUT2D eigenvalue weighted by molar-refractivity contribution is 5.97. The Kier molecular flexibility index (Phi) is 4.34. The van der Waals surface area contributed by atoms with E-state index < -0.39 is 23.7 Å². The Morgan fingerprint density at radius 2 is 1.79 bits per heavy atom. The predicted molar refractivity (Wildman–Crippen MR) is 88.3 cm³/mol.